The molecule has 27 heavy (non-hydrogen) atoms. The third-order valence-corrected chi connectivity index (χ3v) is 6.35. The summed E-state index contributed by atoms with van der Waals surface area (Å²) in [5.41, 5.74) is 0.281. The molecule has 2 N–H and O–H groups in total. The maximum atomic E-state index is 13.6. The number of hydrogen-bond acceptors (Lipinski definition) is 4. The van der Waals surface area contributed by atoms with E-state index in [-0.39, 0.29) is 17.9 Å². The lowest BCUT2D eigenvalue weighted by molar-refractivity contribution is -0.134. The summed E-state index contributed by atoms with van der Waals surface area (Å²) in [6.07, 6.45) is 4.20. The number of carbonyl (C=O) groups is 2. The number of imide groups is 1. The Morgan fingerprint density at radius 1 is 1.04 bits per heavy atom. The van der Waals surface area contributed by atoms with E-state index in [0.29, 0.717) is 18.9 Å². The van der Waals surface area contributed by atoms with Crippen LogP contribution in [-0.2, 0) is 16.0 Å². The molecule has 6 heteroatoms. The predicted molar refractivity (Wildman–Crippen MR) is 102 cm³/mol. The first-order valence-electron chi connectivity index (χ1n) is 10.2. The van der Waals surface area contributed by atoms with E-state index in [1.807, 2.05) is 30.3 Å². The summed E-state index contributed by atoms with van der Waals surface area (Å²) in [4.78, 5) is 27.9. The van der Waals surface area contributed by atoms with Crippen molar-refractivity contribution in [1.82, 2.24) is 15.5 Å². The van der Waals surface area contributed by atoms with Gasteiger partial charge in [-0.15, -0.1) is 0 Å². The van der Waals surface area contributed by atoms with E-state index >= 15 is 0 Å². The molecule has 3 heterocycles. The van der Waals surface area contributed by atoms with Gasteiger partial charge in [0.2, 0.25) is 0 Å². The number of nitrogens with zero attached hydrogens (tertiary/aromatic N) is 1. The van der Waals surface area contributed by atoms with Crippen molar-refractivity contribution in [2.24, 2.45) is 11.8 Å². The topological polar surface area (TPSA) is 70.7 Å². The first-order valence-corrected chi connectivity index (χ1v) is 10.2. The van der Waals surface area contributed by atoms with E-state index < -0.39 is 5.54 Å². The molecule has 3 aliphatic rings. The van der Waals surface area contributed by atoms with Crippen molar-refractivity contribution in [3.63, 3.8) is 0 Å². The normalized spacial score (nSPS) is 27.8. The zero-order valence-corrected chi connectivity index (χ0v) is 15.8. The SMILES string of the molecule is O=C1NC(Cc2ccccc2)(C2CCNCC2)C(=O)N1CC1CCOCC1. The first kappa shape index (κ1) is 18.4. The molecule has 0 saturated carbocycles. The Labute approximate surface area is 160 Å². The van der Waals surface area contributed by atoms with Crippen molar-refractivity contribution < 1.29 is 14.3 Å². The molecule has 3 saturated heterocycles. The minimum Gasteiger partial charge on any atom is -0.381 e. The molecule has 1 atom stereocenters. The van der Waals surface area contributed by atoms with E-state index in [0.717, 1.165) is 57.6 Å². The largest absolute Gasteiger partial charge is 0.381 e. The van der Waals surface area contributed by atoms with Crippen molar-refractivity contribution in [3.05, 3.63) is 35.9 Å². The average molecular weight is 371 g/mol. The molecule has 0 spiro atoms. The Bertz CT molecular complexity index is 669. The van der Waals surface area contributed by atoms with Crippen molar-refractivity contribution >= 4 is 11.9 Å². The van der Waals surface area contributed by atoms with Gasteiger partial charge in [0.1, 0.15) is 5.54 Å². The second kappa shape index (κ2) is 7.98. The fourth-order valence-corrected chi connectivity index (χ4v) is 4.77. The molecule has 146 valence electrons. The lowest BCUT2D eigenvalue weighted by Gasteiger charge is -2.38. The van der Waals surface area contributed by atoms with E-state index in [9.17, 15) is 9.59 Å². The quantitative estimate of drug-likeness (QED) is 0.776. The fraction of sp³-hybridized carbons (Fsp3) is 0.619. The number of ether oxygens (including phenoxy) is 1. The zero-order chi connectivity index (χ0) is 18.7. The molecule has 3 aliphatic heterocycles. The van der Waals surface area contributed by atoms with Crippen molar-refractivity contribution in [1.29, 1.82) is 0 Å². The van der Waals surface area contributed by atoms with Gasteiger partial charge in [0.05, 0.1) is 0 Å². The van der Waals surface area contributed by atoms with E-state index in [4.69, 9.17) is 4.74 Å². The number of carbonyl (C=O) groups excluding carboxylic acids is 2. The number of piperidine rings is 1. The van der Waals surface area contributed by atoms with Gasteiger partial charge in [0, 0.05) is 26.2 Å². The van der Waals surface area contributed by atoms with Gasteiger partial charge in [-0.05, 0) is 56.2 Å². The molecule has 1 unspecified atom stereocenters. The Morgan fingerprint density at radius 2 is 1.74 bits per heavy atom. The summed E-state index contributed by atoms with van der Waals surface area (Å²) in [5.74, 6) is 0.471. The van der Waals surface area contributed by atoms with Crippen LogP contribution in [0, 0.1) is 11.8 Å². The summed E-state index contributed by atoms with van der Waals surface area (Å²) < 4.78 is 5.42. The van der Waals surface area contributed by atoms with Crippen molar-refractivity contribution in [2.75, 3.05) is 32.8 Å². The van der Waals surface area contributed by atoms with Gasteiger partial charge in [-0.1, -0.05) is 30.3 Å². The van der Waals surface area contributed by atoms with Gasteiger partial charge in [0.25, 0.3) is 5.91 Å². The minimum absolute atomic E-state index is 0.0326. The summed E-state index contributed by atoms with van der Waals surface area (Å²) in [7, 11) is 0. The Kier molecular flexibility index (Phi) is 5.45. The molecular weight excluding hydrogens is 342 g/mol. The number of nitrogens with one attached hydrogen (secondary N) is 2. The molecule has 1 aromatic rings. The molecule has 4 rings (SSSR count). The van der Waals surface area contributed by atoms with Gasteiger partial charge >= 0.3 is 6.03 Å². The summed E-state index contributed by atoms with van der Waals surface area (Å²) >= 11 is 0. The van der Waals surface area contributed by atoms with Crippen LogP contribution >= 0.6 is 0 Å². The molecule has 3 amide bonds. The highest BCUT2D eigenvalue weighted by molar-refractivity contribution is 6.07. The highest BCUT2D eigenvalue weighted by atomic mass is 16.5. The molecule has 1 aromatic carbocycles. The zero-order valence-electron chi connectivity index (χ0n) is 15.8. The van der Waals surface area contributed by atoms with Crippen LogP contribution in [0.2, 0.25) is 0 Å². The first-order chi connectivity index (χ1) is 13.2. The van der Waals surface area contributed by atoms with E-state index in [1.165, 1.54) is 4.90 Å². The van der Waals surface area contributed by atoms with Crippen LogP contribution in [0.4, 0.5) is 4.79 Å². The van der Waals surface area contributed by atoms with Crippen molar-refractivity contribution in [2.45, 2.75) is 37.6 Å². The highest BCUT2D eigenvalue weighted by Crippen LogP contribution is 2.36. The van der Waals surface area contributed by atoms with Crippen LogP contribution in [-0.4, -0.2) is 55.2 Å². The fourth-order valence-electron chi connectivity index (χ4n) is 4.77. The van der Waals surface area contributed by atoms with E-state index in [1.54, 1.807) is 0 Å². The number of amides is 3. The maximum absolute atomic E-state index is 13.6. The lowest BCUT2D eigenvalue weighted by atomic mass is 9.74. The number of benzene rings is 1. The van der Waals surface area contributed by atoms with Gasteiger partial charge in [-0.2, -0.15) is 0 Å². The third-order valence-electron chi connectivity index (χ3n) is 6.35. The van der Waals surface area contributed by atoms with E-state index in [2.05, 4.69) is 10.6 Å². The van der Waals surface area contributed by atoms with Crippen LogP contribution in [0.3, 0.4) is 0 Å². The standard InChI is InChI=1S/C21H29N3O3/c25-19-21(18-6-10-22-11-7-18,14-16-4-2-1-3-5-16)23-20(26)24(19)15-17-8-12-27-13-9-17/h1-5,17-18,22H,6-15H2,(H,23,26). The number of hydrogen-bond donors (Lipinski definition) is 2. The average Bonchev–Trinajstić information content (AvgIpc) is 2.95. The molecule has 0 radical (unpaired) electrons. The summed E-state index contributed by atoms with van der Waals surface area (Å²) in [5, 5.41) is 6.52. The highest BCUT2D eigenvalue weighted by Gasteiger charge is 2.55. The Balaban J connectivity index is 1.59. The lowest BCUT2D eigenvalue weighted by Crippen LogP contribution is -2.57. The number of urea groups is 1. The molecule has 3 fully saturated rings. The molecular formula is C21H29N3O3. The molecule has 0 bridgehead atoms. The van der Waals surface area contributed by atoms with Crippen LogP contribution in [0.5, 0.6) is 0 Å². The van der Waals surface area contributed by atoms with Gasteiger partial charge < -0.3 is 15.4 Å². The second-order valence-corrected chi connectivity index (χ2v) is 8.06. The number of rotatable bonds is 5. The second-order valence-electron chi connectivity index (χ2n) is 8.06. The minimum atomic E-state index is -0.814. The molecule has 6 nitrogen and oxygen atoms in total. The Morgan fingerprint density at radius 3 is 2.44 bits per heavy atom. The monoisotopic (exact) mass is 371 g/mol. The van der Waals surface area contributed by atoms with Crippen molar-refractivity contribution in [3.8, 4) is 0 Å². The smallest absolute Gasteiger partial charge is 0.325 e. The maximum Gasteiger partial charge on any atom is 0.325 e. The van der Waals surface area contributed by atoms with Crippen LogP contribution in [0.15, 0.2) is 30.3 Å². The van der Waals surface area contributed by atoms with Crippen LogP contribution in [0.25, 0.3) is 0 Å². The molecule has 0 aliphatic carbocycles. The summed E-state index contributed by atoms with van der Waals surface area (Å²) in [6, 6.07) is 9.83. The van der Waals surface area contributed by atoms with Crippen LogP contribution in [0.1, 0.15) is 31.2 Å². The van der Waals surface area contributed by atoms with Gasteiger partial charge in [0.15, 0.2) is 0 Å². The van der Waals surface area contributed by atoms with Crippen LogP contribution < -0.4 is 10.6 Å². The third kappa shape index (κ3) is 3.73. The molecule has 0 aromatic heterocycles. The van der Waals surface area contributed by atoms with Gasteiger partial charge in [-0.3, -0.25) is 9.69 Å². The Hall–Kier alpha value is -1.92. The van der Waals surface area contributed by atoms with Gasteiger partial charge in [-0.25, -0.2) is 4.79 Å². The summed E-state index contributed by atoms with van der Waals surface area (Å²) in [6.45, 7) is 3.74. The predicted octanol–water partition coefficient (Wildman–Crippen LogP) is 1.95.